The molecule has 2 rings (SSSR count). The first kappa shape index (κ1) is 9.93. The minimum absolute atomic E-state index is 0.0992. The van der Waals surface area contributed by atoms with Crippen LogP contribution in [0, 0.1) is 0 Å². The number of esters is 1. The van der Waals surface area contributed by atoms with Gasteiger partial charge in [-0.3, -0.25) is 9.69 Å². The van der Waals surface area contributed by atoms with Gasteiger partial charge in [0.05, 0.1) is 6.61 Å². The van der Waals surface area contributed by atoms with Gasteiger partial charge in [0.1, 0.15) is 6.04 Å². The Morgan fingerprint density at radius 1 is 1.64 bits per heavy atom. The number of fused-ring (bicyclic) bond motifs is 1. The first-order valence-corrected chi connectivity index (χ1v) is 5.45. The van der Waals surface area contributed by atoms with Gasteiger partial charge in [-0.2, -0.15) is 0 Å². The van der Waals surface area contributed by atoms with Crippen LogP contribution in [-0.2, 0) is 9.53 Å². The van der Waals surface area contributed by atoms with Crippen LogP contribution < -0.4 is 5.32 Å². The second-order valence-corrected chi connectivity index (χ2v) is 4.00. The predicted molar refractivity (Wildman–Crippen MR) is 53.0 cm³/mol. The average molecular weight is 198 g/mol. The van der Waals surface area contributed by atoms with Crippen LogP contribution in [0.5, 0.6) is 0 Å². The molecule has 0 aromatic carbocycles. The summed E-state index contributed by atoms with van der Waals surface area (Å²) in [4.78, 5) is 13.9. The van der Waals surface area contributed by atoms with Crippen molar-refractivity contribution >= 4 is 5.97 Å². The Labute approximate surface area is 84.6 Å². The summed E-state index contributed by atoms with van der Waals surface area (Å²) in [7, 11) is 0. The van der Waals surface area contributed by atoms with Gasteiger partial charge in [0.15, 0.2) is 0 Å². The molecule has 1 N–H and O–H groups in total. The molecule has 0 aromatic heterocycles. The second-order valence-electron chi connectivity index (χ2n) is 4.00. The van der Waals surface area contributed by atoms with E-state index in [1.54, 1.807) is 0 Å². The average Bonchev–Trinajstić information content (AvgIpc) is 2.64. The molecule has 0 aromatic rings. The van der Waals surface area contributed by atoms with E-state index in [4.69, 9.17) is 4.74 Å². The highest BCUT2D eigenvalue weighted by molar-refractivity contribution is 5.76. The Kier molecular flexibility index (Phi) is 3.03. The van der Waals surface area contributed by atoms with E-state index in [-0.39, 0.29) is 12.0 Å². The normalized spacial score (nSPS) is 32.6. The lowest BCUT2D eigenvalue weighted by atomic mass is 10.1. The van der Waals surface area contributed by atoms with Gasteiger partial charge in [-0.25, -0.2) is 0 Å². The van der Waals surface area contributed by atoms with Crippen molar-refractivity contribution in [3.05, 3.63) is 0 Å². The van der Waals surface area contributed by atoms with E-state index < -0.39 is 0 Å². The fourth-order valence-corrected chi connectivity index (χ4v) is 2.34. The molecular formula is C10H18N2O2. The molecular weight excluding hydrogens is 180 g/mol. The van der Waals surface area contributed by atoms with E-state index in [9.17, 15) is 4.79 Å². The smallest absolute Gasteiger partial charge is 0.324 e. The van der Waals surface area contributed by atoms with Crippen LogP contribution in [0.2, 0.25) is 0 Å². The molecule has 2 aliphatic heterocycles. The first-order valence-electron chi connectivity index (χ1n) is 5.45. The molecule has 0 bridgehead atoms. The minimum Gasteiger partial charge on any atom is -0.465 e. The van der Waals surface area contributed by atoms with Gasteiger partial charge in [-0.05, 0) is 26.3 Å². The lowest BCUT2D eigenvalue weighted by Crippen LogP contribution is -2.57. The van der Waals surface area contributed by atoms with Crippen LogP contribution in [0.3, 0.4) is 0 Å². The predicted octanol–water partition coefficient (Wildman–Crippen LogP) is -0.0143. The topological polar surface area (TPSA) is 41.6 Å². The SMILES string of the molecule is CCOC(=O)C1CN2CCCC2CN1. The number of ether oxygens (including phenoxy) is 1. The minimum atomic E-state index is -0.107. The third-order valence-corrected chi connectivity index (χ3v) is 3.09. The standard InChI is InChI=1S/C10H18N2O2/c1-2-14-10(13)9-7-12-5-3-4-8(12)6-11-9/h8-9,11H,2-7H2,1H3. The van der Waals surface area contributed by atoms with Crippen molar-refractivity contribution in [3.63, 3.8) is 0 Å². The monoisotopic (exact) mass is 198 g/mol. The van der Waals surface area contributed by atoms with Gasteiger partial charge >= 0.3 is 5.97 Å². The first-order chi connectivity index (χ1) is 6.81. The fraction of sp³-hybridized carbons (Fsp3) is 0.900. The number of hydrogen-bond acceptors (Lipinski definition) is 4. The molecule has 4 heteroatoms. The Hall–Kier alpha value is -0.610. The van der Waals surface area contributed by atoms with Crippen LogP contribution in [0.15, 0.2) is 0 Å². The maximum atomic E-state index is 11.5. The molecule has 0 amide bonds. The number of nitrogens with one attached hydrogen (secondary N) is 1. The molecule has 2 heterocycles. The van der Waals surface area contributed by atoms with Crippen molar-refractivity contribution < 1.29 is 9.53 Å². The molecule has 0 saturated carbocycles. The Morgan fingerprint density at radius 3 is 3.29 bits per heavy atom. The summed E-state index contributed by atoms with van der Waals surface area (Å²) in [5, 5.41) is 3.26. The van der Waals surface area contributed by atoms with Crippen molar-refractivity contribution in [2.24, 2.45) is 0 Å². The van der Waals surface area contributed by atoms with Crippen LogP contribution >= 0.6 is 0 Å². The summed E-state index contributed by atoms with van der Waals surface area (Å²) < 4.78 is 5.00. The van der Waals surface area contributed by atoms with Crippen LogP contribution in [0.1, 0.15) is 19.8 Å². The lowest BCUT2D eigenvalue weighted by molar-refractivity contribution is -0.147. The van der Waals surface area contributed by atoms with E-state index in [1.165, 1.54) is 12.8 Å². The van der Waals surface area contributed by atoms with Crippen LogP contribution in [0.25, 0.3) is 0 Å². The summed E-state index contributed by atoms with van der Waals surface area (Å²) in [5.41, 5.74) is 0. The molecule has 0 aliphatic carbocycles. The highest BCUT2D eigenvalue weighted by Gasteiger charge is 2.34. The van der Waals surface area contributed by atoms with Gasteiger partial charge in [0, 0.05) is 19.1 Å². The van der Waals surface area contributed by atoms with E-state index in [1.807, 2.05) is 6.92 Å². The van der Waals surface area contributed by atoms with Crippen LogP contribution in [-0.4, -0.2) is 49.2 Å². The van der Waals surface area contributed by atoms with Crippen molar-refractivity contribution in [2.45, 2.75) is 31.8 Å². The molecule has 0 spiro atoms. The zero-order chi connectivity index (χ0) is 9.97. The van der Waals surface area contributed by atoms with Crippen molar-refractivity contribution in [3.8, 4) is 0 Å². The number of carbonyl (C=O) groups excluding carboxylic acids is 1. The summed E-state index contributed by atoms with van der Waals surface area (Å²) in [5.74, 6) is -0.0992. The molecule has 2 unspecified atom stereocenters. The Bertz CT molecular complexity index is 220. The van der Waals surface area contributed by atoms with E-state index in [0.29, 0.717) is 12.6 Å². The summed E-state index contributed by atoms with van der Waals surface area (Å²) in [6.07, 6.45) is 2.53. The van der Waals surface area contributed by atoms with Gasteiger partial charge in [0.25, 0.3) is 0 Å². The third-order valence-electron chi connectivity index (χ3n) is 3.09. The zero-order valence-corrected chi connectivity index (χ0v) is 8.66. The molecule has 2 atom stereocenters. The Morgan fingerprint density at radius 2 is 2.50 bits per heavy atom. The molecule has 2 fully saturated rings. The molecule has 4 nitrogen and oxygen atoms in total. The highest BCUT2D eigenvalue weighted by Crippen LogP contribution is 2.19. The Balaban J connectivity index is 1.87. The molecule has 2 saturated heterocycles. The van der Waals surface area contributed by atoms with Crippen molar-refractivity contribution in [2.75, 3.05) is 26.2 Å². The van der Waals surface area contributed by atoms with Crippen molar-refractivity contribution in [1.82, 2.24) is 10.2 Å². The van der Waals surface area contributed by atoms with Gasteiger partial charge < -0.3 is 10.1 Å². The maximum Gasteiger partial charge on any atom is 0.324 e. The number of carbonyl (C=O) groups is 1. The number of piperazine rings is 1. The quantitative estimate of drug-likeness (QED) is 0.633. The molecule has 0 radical (unpaired) electrons. The van der Waals surface area contributed by atoms with Crippen LogP contribution in [0.4, 0.5) is 0 Å². The van der Waals surface area contributed by atoms with Gasteiger partial charge in [-0.15, -0.1) is 0 Å². The van der Waals surface area contributed by atoms with Crippen molar-refractivity contribution in [1.29, 1.82) is 0 Å². The molecule has 2 aliphatic rings. The third kappa shape index (κ3) is 1.91. The fourth-order valence-electron chi connectivity index (χ4n) is 2.34. The van der Waals surface area contributed by atoms with Gasteiger partial charge in [-0.1, -0.05) is 0 Å². The zero-order valence-electron chi connectivity index (χ0n) is 8.66. The number of rotatable bonds is 2. The highest BCUT2D eigenvalue weighted by atomic mass is 16.5. The number of hydrogen-bond donors (Lipinski definition) is 1. The van der Waals surface area contributed by atoms with E-state index in [2.05, 4.69) is 10.2 Å². The maximum absolute atomic E-state index is 11.5. The summed E-state index contributed by atoms with van der Waals surface area (Å²) in [6, 6.07) is 0.546. The summed E-state index contributed by atoms with van der Waals surface area (Å²) in [6.45, 7) is 5.22. The lowest BCUT2D eigenvalue weighted by Gasteiger charge is -2.34. The second kappa shape index (κ2) is 4.28. The van der Waals surface area contributed by atoms with E-state index in [0.717, 1.165) is 19.6 Å². The van der Waals surface area contributed by atoms with E-state index >= 15 is 0 Å². The summed E-state index contributed by atoms with van der Waals surface area (Å²) >= 11 is 0. The molecule has 80 valence electrons. The number of nitrogens with zero attached hydrogens (tertiary/aromatic N) is 1. The largest absolute Gasteiger partial charge is 0.465 e. The molecule has 14 heavy (non-hydrogen) atoms. The van der Waals surface area contributed by atoms with Gasteiger partial charge in [0.2, 0.25) is 0 Å².